The molecule has 1 aliphatic rings. The second-order valence-electron chi connectivity index (χ2n) is 4.65. The van der Waals surface area contributed by atoms with E-state index in [1.165, 1.54) is 4.90 Å². The Morgan fingerprint density at radius 1 is 1.14 bits per heavy atom. The van der Waals surface area contributed by atoms with Gasteiger partial charge in [-0.2, -0.15) is 5.26 Å². The number of ketones is 1. The van der Waals surface area contributed by atoms with E-state index in [2.05, 4.69) is 22.0 Å². The Kier molecular flexibility index (Phi) is 3.32. The van der Waals surface area contributed by atoms with Crippen molar-refractivity contribution in [1.29, 1.82) is 5.26 Å². The lowest BCUT2D eigenvalue weighted by Gasteiger charge is -2.17. The van der Waals surface area contributed by atoms with Crippen LogP contribution in [0.2, 0.25) is 0 Å². The summed E-state index contributed by atoms with van der Waals surface area (Å²) in [5.41, 5.74) is 2.19. The quantitative estimate of drug-likeness (QED) is 0.789. The Bertz CT molecular complexity index is 808. The van der Waals surface area contributed by atoms with Crippen LogP contribution >= 0.6 is 15.9 Å². The van der Waals surface area contributed by atoms with Gasteiger partial charge >= 0.3 is 0 Å². The first-order valence-corrected chi connectivity index (χ1v) is 7.05. The van der Waals surface area contributed by atoms with Crippen LogP contribution in [-0.4, -0.2) is 11.7 Å². The number of amides is 1. The molecule has 21 heavy (non-hydrogen) atoms. The van der Waals surface area contributed by atoms with E-state index in [9.17, 15) is 9.59 Å². The summed E-state index contributed by atoms with van der Waals surface area (Å²) in [6.45, 7) is 0.206. The Morgan fingerprint density at radius 3 is 2.67 bits per heavy atom. The highest BCUT2D eigenvalue weighted by Crippen LogP contribution is 2.33. The maximum absolute atomic E-state index is 12.2. The highest BCUT2D eigenvalue weighted by molar-refractivity contribution is 9.10. The van der Waals surface area contributed by atoms with Crippen molar-refractivity contribution in [3.8, 4) is 6.07 Å². The smallest absolute Gasteiger partial charge is 0.299 e. The average Bonchev–Trinajstić information content (AvgIpc) is 2.72. The number of rotatable bonds is 2. The molecule has 0 fully saturated rings. The van der Waals surface area contributed by atoms with Crippen LogP contribution in [0, 0.1) is 11.3 Å². The first-order valence-electron chi connectivity index (χ1n) is 6.25. The molecule has 1 heterocycles. The van der Waals surface area contributed by atoms with E-state index in [1.54, 1.807) is 42.5 Å². The lowest BCUT2D eigenvalue weighted by atomic mass is 10.1. The Hall–Kier alpha value is -2.45. The summed E-state index contributed by atoms with van der Waals surface area (Å²) in [4.78, 5) is 25.6. The maximum atomic E-state index is 12.2. The first kappa shape index (κ1) is 13.5. The predicted molar refractivity (Wildman–Crippen MR) is 80.8 cm³/mol. The van der Waals surface area contributed by atoms with E-state index in [1.807, 2.05) is 0 Å². The van der Waals surface area contributed by atoms with Crippen molar-refractivity contribution in [2.24, 2.45) is 0 Å². The van der Waals surface area contributed by atoms with Gasteiger partial charge in [0.25, 0.3) is 11.7 Å². The minimum Gasteiger partial charge on any atom is -0.300 e. The van der Waals surface area contributed by atoms with Gasteiger partial charge < -0.3 is 4.90 Å². The van der Waals surface area contributed by atoms with Gasteiger partial charge in [0, 0.05) is 4.47 Å². The summed E-state index contributed by atoms with van der Waals surface area (Å²) in [5, 5.41) is 9.12. The highest BCUT2D eigenvalue weighted by Gasteiger charge is 2.36. The van der Waals surface area contributed by atoms with E-state index in [0.717, 1.165) is 4.47 Å². The number of carbonyl (C=O) groups excluding carboxylic acids is 2. The molecule has 2 aromatic carbocycles. The minimum atomic E-state index is -0.559. The number of halogens is 1. The zero-order valence-electron chi connectivity index (χ0n) is 10.8. The summed E-state index contributed by atoms with van der Waals surface area (Å²) in [5.74, 6) is -1.07. The van der Waals surface area contributed by atoms with E-state index >= 15 is 0 Å². The van der Waals surface area contributed by atoms with E-state index in [-0.39, 0.29) is 6.54 Å². The van der Waals surface area contributed by atoms with Crippen LogP contribution in [0.1, 0.15) is 21.5 Å². The van der Waals surface area contributed by atoms with Crippen molar-refractivity contribution in [2.75, 3.05) is 4.90 Å². The van der Waals surface area contributed by atoms with Crippen LogP contribution in [0.25, 0.3) is 0 Å². The average molecular weight is 341 g/mol. The second kappa shape index (κ2) is 5.15. The van der Waals surface area contributed by atoms with E-state index in [0.29, 0.717) is 22.4 Å². The molecule has 0 spiro atoms. The molecule has 1 aliphatic heterocycles. The van der Waals surface area contributed by atoms with Gasteiger partial charge in [-0.25, -0.2) is 0 Å². The summed E-state index contributed by atoms with van der Waals surface area (Å²) in [7, 11) is 0. The molecule has 5 heteroatoms. The van der Waals surface area contributed by atoms with Crippen molar-refractivity contribution < 1.29 is 9.59 Å². The molecule has 0 N–H and O–H groups in total. The number of fused-ring (bicyclic) bond motifs is 1. The van der Waals surface area contributed by atoms with Gasteiger partial charge in [0.1, 0.15) is 0 Å². The van der Waals surface area contributed by atoms with Crippen LogP contribution in [0.15, 0.2) is 46.9 Å². The molecule has 0 atom stereocenters. The van der Waals surface area contributed by atoms with Crippen LogP contribution in [0.3, 0.4) is 0 Å². The lowest BCUT2D eigenvalue weighted by molar-refractivity contribution is -0.114. The Balaban J connectivity index is 2.05. The van der Waals surface area contributed by atoms with Gasteiger partial charge in [0.15, 0.2) is 0 Å². The first-order chi connectivity index (χ1) is 10.1. The lowest BCUT2D eigenvalue weighted by Crippen LogP contribution is -2.29. The van der Waals surface area contributed by atoms with Gasteiger partial charge in [-0.05, 0) is 29.8 Å². The van der Waals surface area contributed by atoms with Crippen LogP contribution in [0.5, 0.6) is 0 Å². The molecule has 0 bridgehead atoms. The van der Waals surface area contributed by atoms with E-state index < -0.39 is 11.7 Å². The molecule has 0 aliphatic carbocycles. The molecule has 1 amide bonds. The Labute approximate surface area is 129 Å². The van der Waals surface area contributed by atoms with Gasteiger partial charge in [-0.15, -0.1) is 0 Å². The number of nitriles is 1. The third kappa shape index (κ3) is 2.24. The largest absolute Gasteiger partial charge is 0.300 e. The zero-order valence-corrected chi connectivity index (χ0v) is 12.4. The molecule has 0 unspecified atom stereocenters. The molecule has 4 nitrogen and oxygen atoms in total. The standard InChI is InChI=1S/C16H9BrN2O2/c17-12-5-6-13-14(7-12)19(16(21)15(13)20)9-11-4-2-1-3-10(11)8-18/h1-7H,9H2. The molecule has 0 aromatic heterocycles. The molecular weight excluding hydrogens is 332 g/mol. The fraction of sp³-hybridized carbons (Fsp3) is 0.0625. The fourth-order valence-corrected chi connectivity index (χ4v) is 2.71. The third-order valence-electron chi connectivity index (χ3n) is 3.40. The van der Waals surface area contributed by atoms with Gasteiger partial charge in [0.05, 0.1) is 29.4 Å². The number of Topliss-reactive ketones (excluding diaryl/α,β-unsaturated/α-hetero) is 1. The zero-order chi connectivity index (χ0) is 15.0. The predicted octanol–water partition coefficient (Wildman–Crippen LogP) is 3.05. The minimum absolute atomic E-state index is 0.206. The molecule has 0 radical (unpaired) electrons. The van der Waals surface area contributed by atoms with Crippen LogP contribution in [0.4, 0.5) is 5.69 Å². The van der Waals surface area contributed by atoms with Crippen molar-refractivity contribution in [3.63, 3.8) is 0 Å². The normalized spacial score (nSPS) is 13.2. The summed E-state index contributed by atoms with van der Waals surface area (Å²) in [6, 6.07) is 14.3. The van der Waals surface area contributed by atoms with Gasteiger partial charge in [0.2, 0.25) is 0 Å². The van der Waals surface area contributed by atoms with Gasteiger partial charge in [-0.3, -0.25) is 9.59 Å². The van der Waals surface area contributed by atoms with Crippen molar-refractivity contribution in [1.82, 2.24) is 0 Å². The number of hydrogen-bond acceptors (Lipinski definition) is 3. The molecule has 3 rings (SSSR count). The van der Waals surface area contributed by atoms with Crippen molar-refractivity contribution in [2.45, 2.75) is 6.54 Å². The van der Waals surface area contributed by atoms with Crippen LogP contribution < -0.4 is 4.90 Å². The molecule has 0 saturated heterocycles. The second-order valence-corrected chi connectivity index (χ2v) is 5.57. The fourth-order valence-electron chi connectivity index (χ4n) is 2.36. The summed E-state index contributed by atoms with van der Waals surface area (Å²) >= 11 is 3.34. The SMILES string of the molecule is N#Cc1ccccc1CN1C(=O)C(=O)c2ccc(Br)cc21. The van der Waals surface area contributed by atoms with Gasteiger partial charge in [-0.1, -0.05) is 34.1 Å². The third-order valence-corrected chi connectivity index (χ3v) is 3.89. The van der Waals surface area contributed by atoms with Crippen molar-refractivity contribution in [3.05, 3.63) is 63.6 Å². The number of anilines is 1. The van der Waals surface area contributed by atoms with Crippen molar-refractivity contribution >= 4 is 33.3 Å². The number of hydrogen-bond donors (Lipinski definition) is 0. The van der Waals surface area contributed by atoms with E-state index in [4.69, 9.17) is 5.26 Å². The highest BCUT2D eigenvalue weighted by atomic mass is 79.9. The Morgan fingerprint density at radius 2 is 1.90 bits per heavy atom. The summed E-state index contributed by atoms with van der Waals surface area (Å²) in [6.07, 6.45) is 0. The maximum Gasteiger partial charge on any atom is 0.299 e. The monoisotopic (exact) mass is 340 g/mol. The molecule has 2 aromatic rings. The topological polar surface area (TPSA) is 61.2 Å². The number of carbonyl (C=O) groups is 2. The summed E-state index contributed by atoms with van der Waals surface area (Å²) < 4.78 is 0.794. The molecular formula is C16H9BrN2O2. The molecule has 0 saturated carbocycles. The van der Waals surface area contributed by atoms with Crippen LogP contribution in [-0.2, 0) is 11.3 Å². The number of benzene rings is 2. The number of nitrogens with zero attached hydrogens (tertiary/aromatic N) is 2. The molecule has 102 valence electrons.